The van der Waals surface area contributed by atoms with E-state index in [1.165, 1.54) is 25.7 Å². The summed E-state index contributed by atoms with van der Waals surface area (Å²) in [5, 5.41) is 0. The van der Waals surface area contributed by atoms with Gasteiger partial charge < -0.3 is 4.74 Å². The van der Waals surface area contributed by atoms with Crippen molar-refractivity contribution in [2.24, 2.45) is 5.92 Å². The highest BCUT2D eigenvalue weighted by atomic mass is 16.5. The normalized spacial score (nSPS) is 23.9. The predicted octanol–water partition coefficient (Wildman–Crippen LogP) is 3.78. The minimum absolute atomic E-state index is 0.0724. The molecule has 1 unspecified atom stereocenters. The number of methoxy groups -OCH3 is 1. The second-order valence-electron chi connectivity index (χ2n) is 6.35. The van der Waals surface area contributed by atoms with Crippen molar-refractivity contribution < 1.29 is 9.53 Å². The Hall–Kier alpha value is -1.35. The molecule has 0 amide bonds. The molecule has 3 nitrogen and oxygen atoms in total. The van der Waals surface area contributed by atoms with Gasteiger partial charge in [-0.25, -0.2) is 0 Å². The number of carbonyl (C=O) groups excluding carboxylic acids is 1. The monoisotopic (exact) mass is 289 g/mol. The number of likely N-dealkylation sites (N-methyl/N-ethyl adjacent to an activating group) is 1. The van der Waals surface area contributed by atoms with Crippen LogP contribution in [0.25, 0.3) is 0 Å². The van der Waals surface area contributed by atoms with Crippen molar-refractivity contribution in [3.63, 3.8) is 0 Å². The first kappa shape index (κ1) is 16.0. The molecule has 0 aliphatic heterocycles. The molecule has 0 aromatic heterocycles. The Morgan fingerprint density at radius 1 is 1.19 bits per heavy atom. The summed E-state index contributed by atoms with van der Waals surface area (Å²) >= 11 is 0. The van der Waals surface area contributed by atoms with Crippen LogP contribution in [0.2, 0.25) is 0 Å². The summed E-state index contributed by atoms with van der Waals surface area (Å²) in [5.74, 6) is 1.81. The number of hydrogen-bond donors (Lipinski definition) is 0. The lowest BCUT2D eigenvalue weighted by Crippen LogP contribution is -2.44. The zero-order valence-electron chi connectivity index (χ0n) is 13.6. The van der Waals surface area contributed by atoms with Crippen LogP contribution in [0.15, 0.2) is 24.3 Å². The molecule has 3 heteroatoms. The molecule has 1 atom stereocenters. The van der Waals surface area contributed by atoms with Gasteiger partial charge >= 0.3 is 0 Å². The Morgan fingerprint density at radius 3 is 2.29 bits per heavy atom. The van der Waals surface area contributed by atoms with E-state index in [1.807, 2.05) is 31.2 Å². The molecular formula is C18H27NO2. The smallest absolute Gasteiger partial charge is 0.179 e. The van der Waals surface area contributed by atoms with Gasteiger partial charge in [-0.2, -0.15) is 0 Å². The van der Waals surface area contributed by atoms with Gasteiger partial charge in [-0.3, -0.25) is 9.69 Å². The van der Waals surface area contributed by atoms with Crippen molar-refractivity contribution in [1.29, 1.82) is 0 Å². The van der Waals surface area contributed by atoms with Crippen LogP contribution < -0.4 is 4.74 Å². The molecule has 0 N–H and O–H groups in total. The maximum absolute atomic E-state index is 12.6. The highest BCUT2D eigenvalue weighted by Gasteiger charge is 2.28. The van der Waals surface area contributed by atoms with Crippen LogP contribution in [0.5, 0.6) is 5.75 Å². The molecule has 1 fully saturated rings. The highest BCUT2D eigenvalue weighted by Crippen LogP contribution is 2.28. The lowest BCUT2D eigenvalue weighted by atomic mass is 9.86. The van der Waals surface area contributed by atoms with Crippen LogP contribution in [-0.2, 0) is 0 Å². The van der Waals surface area contributed by atoms with E-state index in [4.69, 9.17) is 4.74 Å². The summed E-state index contributed by atoms with van der Waals surface area (Å²) < 4.78 is 5.14. The van der Waals surface area contributed by atoms with Crippen LogP contribution in [0.1, 0.15) is 49.9 Å². The molecule has 0 bridgehead atoms. The molecule has 0 heterocycles. The number of ether oxygens (including phenoxy) is 1. The molecule has 116 valence electrons. The molecule has 0 radical (unpaired) electrons. The second-order valence-corrected chi connectivity index (χ2v) is 6.35. The fourth-order valence-electron chi connectivity index (χ4n) is 3.15. The fraction of sp³-hybridized carbons (Fsp3) is 0.611. The number of rotatable bonds is 5. The van der Waals surface area contributed by atoms with Gasteiger partial charge in [0.05, 0.1) is 13.2 Å². The van der Waals surface area contributed by atoms with E-state index in [9.17, 15) is 4.79 Å². The van der Waals surface area contributed by atoms with E-state index >= 15 is 0 Å². The van der Waals surface area contributed by atoms with Crippen molar-refractivity contribution in [3.05, 3.63) is 29.8 Å². The second kappa shape index (κ2) is 7.08. The van der Waals surface area contributed by atoms with E-state index in [-0.39, 0.29) is 11.8 Å². The van der Waals surface area contributed by atoms with Crippen molar-refractivity contribution in [1.82, 2.24) is 4.90 Å². The predicted molar refractivity (Wildman–Crippen MR) is 86.0 cm³/mol. The Bertz CT molecular complexity index is 461. The van der Waals surface area contributed by atoms with Gasteiger partial charge in [0.2, 0.25) is 0 Å². The molecule has 1 aromatic carbocycles. The Morgan fingerprint density at radius 2 is 1.76 bits per heavy atom. The minimum Gasteiger partial charge on any atom is -0.497 e. The minimum atomic E-state index is -0.0724. The first-order chi connectivity index (χ1) is 10.0. The van der Waals surface area contributed by atoms with Gasteiger partial charge in [0.25, 0.3) is 0 Å². The number of benzene rings is 1. The molecule has 1 saturated carbocycles. The first-order valence-electron chi connectivity index (χ1n) is 7.93. The fourth-order valence-corrected chi connectivity index (χ4v) is 3.15. The highest BCUT2D eigenvalue weighted by molar-refractivity contribution is 5.99. The maximum Gasteiger partial charge on any atom is 0.179 e. The lowest BCUT2D eigenvalue weighted by Gasteiger charge is -2.36. The third-order valence-corrected chi connectivity index (χ3v) is 4.93. The van der Waals surface area contributed by atoms with Gasteiger partial charge in [-0.05, 0) is 69.8 Å². The van der Waals surface area contributed by atoms with E-state index < -0.39 is 0 Å². The molecule has 0 saturated heterocycles. The molecule has 1 aliphatic rings. The summed E-state index contributed by atoms with van der Waals surface area (Å²) in [4.78, 5) is 14.9. The van der Waals surface area contributed by atoms with Gasteiger partial charge in [0.1, 0.15) is 5.75 Å². The van der Waals surface area contributed by atoms with Crippen LogP contribution in [0.3, 0.4) is 0 Å². The Labute approximate surface area is 128 Å². The van der Waals surface area contributed by atoms with Gasteiger partial charge in [0, 0.05) is 11.6 Å². The largest absolute Gasteiger partial charge is 0.497 e. The topological polar surface area (TPSA) is 29.5 Å². The van der Waals surface area contributed by atoms with Crippen molar-refractivity contribution in [2.45, 2.75) is 51.6 Å². The summed E-state index contributed by atoms with van der Waals surface area (Å²) in [5.41, 5.74) is 0.763. The van der Waals surface area contributed by atoms with Crippen molar-refractivity contribution in [3.8, 4) is 5.75 Å². The first-order valence-corrected chi connectivity index (χ1v) is 7.93. The van der Waals surface area contributed by atoms with E-state index in [0.29, 0.717) is 6.04 Å². The molecular weight excluding hydrogens is 262 g/mol. The quantitative estimate of drug-likeness (QED) is 0.773. The summed E-state index contributed by atoms with van der Waals surface area (Å²) in [6.45, 7) is 4.34. The third-order valence-electron chi connectivity index (χ3n) is 4.93. The van der Waals surface area contributed by atoms with Crippen molar-refractivity contribution >= 4 is 5.78 Å². The van der Waals surface area contributed by atoms with Crippen LogP contribution >= 0.6 is 0 Å². The summed E-state index contributed by atoms with van der Waals surface area (Å²) in [6.07, 6.45) is 4.96. The summed E-state index contributed by atoms with van der Waals surface area (Å²) in [7, 11) is 3.73. The molecule has 21 heavy (non-hydrogen) atoms. The molecule has 0 spiro atoms. The molecule has 1 aliphatic carbocycles. The Balaban J connectivity index is 2.00. The zero-order chi connectivity index (χ0) is 15.4. The molecule has 2 rings (SSSR count). The third kappa shape index (κ3) is 3.85. The zero-order valence-corrected chi connectivity index (χ0v) is 13.6. The lowest BCUT2D eigenvalue weighted by molar-refractivity contribution is 0.0758. The number of hydrogen-bond acceptors (Lipinski definition) is 3. The standard InChI is InChI=1S/C18H27NO2/c1-13-5-9-16(10-6-13)19(3)14(2)18(20)15-7-11-17(21-4)12-8-15/h7-8,11-14,16H,5-6,9-10H2,1-4H3. The van der Waals surface area contributed by atoms with E-state index in [1.54, 1.807) is 7.11 Å². The molecule has 1 aromatic rings. The Kier molecular flexibility index (Phi) is 5.40. The van der Waals surface area contributed by atoms with E-state index in [0.717, 1.165) is 17.2 Å². The SMILES string of the molecule is COc1ccc(C(=O)C(C)N(C)C2CCC(C)CC2)cc1. The van der Waals surface area contributed by atoms with Gasteiger partial charge in [-0.15, -0.1) is 0 Å². The number of ketones is 1. The average Bonchev–Trinajstić information content (AvgIpc) is 2.53. The average molecular weight is 289 g/mol. The summed E-state index contributed by atoms with van der Waals surface area (Å²) in [6, 6.07) is 7.88. The van der Waals surface area contributed by atoms with Gasteiger partial charge in [-0.1, -0.05) is 6.92 Å². The number of nitrogens with zero attached hydrogens (tertiary/aromatic N) is 1. The number of carbonyl (C=O) groups is 1. The number of Topliss-reactive ketones (excluding diaryl/α,β-unsaturated/α-hetero) is 1. The maximum atomic E-state index is 12.6. The van der Waals surface area contributed by atoms with E-state index in [2.05, 4.69) is 18.9 Å². The van der Waals surface area contributed by atoms with Crippen LogP contribution in [-0.4, -0.2) is 36.9 Å². The van der Waals surface area contributed by atoms with Crippen molar-refractivity contribution in [2.75, 3.05) is 14.2 Å². The van der Waals surface area contributed by atoms with Crippen LogP contribution in [0, 0.1) is 5.92 Å². The van der Waals surface area contributed by atoms with Gasteiger partial charge in [0.15, 0.2) is 5.78 Å². The van der Waals surface area contributed by atoms with Crippen LogP contribution in [0.4, 0.5) is 0 Å².